The molecule has 0 fully saturated rings. The molecule has 10 heteroatoms. The number of nitrogens with zero attached hydrogens (tertiary/aromatic N) is 4. The number of rotatable bonds is 4. The summed E-state index contributed by atoms with van der Waals surface area (Å²) in [5.41, 5.74) is -0.820. The molecule has 0 saturated carbocycles. The highest BCUT2D eigenvalue weighted by Gasteiger charge is 2.36. The lowest BCUT2D eigenvalue weighted by atomic mass is 10.2. The lowest BCUT2D eigenvalue weighted by Gasteiger charge is -2.21. The van der Waals surface area contributed by atoms with Crippen LogP contribution in [-0.2, 0) is 26.3 Å². The van der Waals surface area contributed by atoms with Gasteiger partial charge in [-0.05, 0) is 12.1 Å². The van der Waals surface area contributed by atoms with Crippen LogP contribution in [0.3, 0.4) is 0 Å². The number of alkyl halides is 3. The Labute approximate surface area is 146 Å². The Morgan fingerprint density at radius 1 is 1.46 bits per heavy atom. The van der Waals surface area contributed by atoms with Crippen LogP contribution in [0.5, 0.6) is 0 Å². The van der Waals surface area contributed by atoms with Gasteiger partial charge < -0.3 is 10.2 Å². The summed E-state index contributed by atoms with van der Waals surface area (Å²) in [6.07, 6.45) is -3.14. The molecule has 0 radical (unpaired) electrons. The predicted molar refractivity (Wildman–Crippen MR) is 89.2 cm³/mol. The van der Waals surface area contributed by atoms with Crippen molar-refractivity contribution in [2.75, 3.05) is 14.1 Å². The second-order valence-corrected chi connectivity index (χ2v) is 6.94. The molecule has 1 N–H and O–H groups in total. The van der Waals surface area contributed by atoms with E-state index in [1.807, 2.05) is 11.0 Å². The van der Waals surface area contributed by atoms with Crippen molar-refractivity contribution in [3.8, 4) is 0 Å². The molecule has 2 aromatic rings. The highest BCUT2D eigenvalue weighted by atomic mass is 35.5. The first-order valence-corrected chi connectivity index (χ1v) is 8.16. The van der Waals surface area contributed by atoms with Gasteiger partial charge in [-0.2, -0.15) is 18.3 Å². The van der Waals surface area contributed by atoms with Gasteiger partial charge in [0.25, 0.3) is 0 Å². The SMILES string of the molecule is CN=C(NCc1cn(C)nc1C(F)(F)F)N(C)Cc1ccc(Cl)s1. The molecule has 0 spiro atoms. The minimum Gasteiger partial charge on any atom is -0.352 e. The monoisotopic (exact) mass is 379 g/mol. The van der Waals surface area contributed by atoms with Crippen molar-refractivity contribution in [3.05, 3.63) is 38.8 Å². The van der Waals surface area contributed by atoms with Crippen molar-refractivity contribution in [2.24, 2.45) is 12.0 Å². The maximum atomic E-state index is 13.0. The van der Waals surface area contributed by atoms with E-state index in [2.05, 4.69) is 15.4 Å². The molecular weight excluding hydrogens is 363 g/mol. The van der Waals surface area contributed by atoms with Crippen LogP contribution in [0.2, 0.25) is 4.34 Å². The molecule has 2 aromatic heterocycles. The van der Waals surface area contributed by atoms with Crippen LogP contribution in [-0.4, -0.2) is 34.7 Å². The van der Waals surface area contributed by atoms with E-state index < -0.39 is 11.9 Å². The molecule has 5 nitrogen and oxygen atoms in total. The number of guanidine groups is 1. The third-order valence-electron chi connectivity index (χ3n) is 3.21. The van der Waals surface area contributed by atoms with Crippen molar-refractivity contribution >= 4 is 28.9 Å². The molecule has 0 aliphatic carbocycles. The largest absolute Gasteiger partial charge is 0.435 e. The van der Waals surface area contributed by atoms with Crippen LogP contribution in [0.25, 0.3) is 0 Å². The van der Waals surface area contributed by atoms with Gasteiger partial charge in [-0.25, -0.2) is 0 Å². The fourth-order valence-corrected chi connectivity index (χ4v) is 3.35. The molecule has 0 aliphatic rings. The van der Waals surface area contributed by atoms with E-state index in [1.165, 1.54) is 24.6 Å². The number of thiophene rings is 1. The summed E-state index contributed by atoms with van der Waals surface area (Å²) in [5.74, 6) is 0.483. The molecule has 24 heavy (non-hydrogen) atoms. The maximum Gasteiger partial charge on any atom is 0.435 e. The van der Waals surface area contributed by atoms with Crippen LogP contribution >= 0.6 is 22.9 Å². The first-order valence-electron chi connectivity index (χ1n) is 6.96. The Kier molecular flexibility index (Phi) is 5.76. The Morgan fingerprint density at radius 2 is 2.17 bits per heavy atom. The summed E-state index contributed by atoms with van der Waals surface area (Å²) in [5, 5.41) is 6.42. The number of hydrogen-bond acceptors (Lipinski definition) is 3. The quantitative estimate of drug-likeness (QED) is 0.654. The molecule has 0 amide bonds. The molecule has 132 valence electrons. The summed E-state index contributed by atoms with van der Waals surface area (Å²) in [4.78, 5) is 6.94. The lowest BCUT2D eigenvalue weighted by molar-refractivity contribution is -0.142. The molecule has 0 bridgehead atoms. The van der Waals surface area contributed by atoms with E-state index in [4.69, 9.17) is 11.6 Å². The smallest absolute Gasteiger partial charge is 0.352 e. The highest BCUT2D eigenvalue weighted by Crippen LogP contribution is 2.30. The molecule has 0 unspecified atom stereocenters. The summed E-state index contributed by atoms with van der Waals surface area (Å²) in [6.45, 7) is 0.529. The first-order chi connectivity index (χ1) is 11.2. The van der Waals surface area contributed by atoms with Gasteiger partial charge in [0.15, 0.2) is 11.7 Å². The molecule has 2 heterocycles. The van der Waals surface area contributed by atoms with Gasteiger partial charge in [0.1, 0.15) is 0 Å². The average molecular weight is 380 g/mol. The third-order valence-corrected chi connectivity index (χ3v) is 4.42. The average Bonchev–Trinajstić information content (AvgIpc) is 3.05. The van der Waals surface area contributed by atoms with Crippen molar-refractivity contribution < 1.29 is 13.2 Å². The minimum atomic E-state index is -4.48. The van der Waals surface area contributed by atoms with Gasteiger partial charge in [-0.15, -0.1) is 11.3 Å². The zero-order valence-corrected chi connectivity index (χ0v) is 14.9. The second kappa shape index (κ2) is 7.43. The summed E-state index contributed by atoms with van der Waals surface area (Å²) in [6, 6.07) is 3.70. The van der Waals surface area contributed by atoms with Crippen LogP contribution in [0, 0.1) is 0 Å². The maximum absolute atomic E-state index is 13.0. The number of aromatic nitrogens is 2. The van der Waals surface area contributed by atoms with Crippen molar-refractivity contribution in [2.45, 2.75) is 19.3 Å². The number of nitrogens with one attached hydrogen (secondary N) is 1. The number of halogens is 4. The molecule has 0 aliphatic heterocycles. The number of aliphatic imine (C=N–C) groups is 1. The fourth-order valence-electron chi connectivity index (χ4n) is 2.21. The van der Waals surface area contributed by atoms with Gasteiger partial charge >= 0.3 is 6.18 Å². The number of aryl methyl sites for hydroxylation is 1. The molecular formula is C14H17ClF3N5S. The van der Waals surface area contributed by atoms with Crippen molar-refractivity contribution in [1.82, 2.24) is 20.0 Å². The normalized spacial score (nSPS) is 12.5. The van der Waals surface area contributed by atoms with Gasteiger partial charge in [0.05, 0.1) is 10.9 Å². The fraction of sp³-hybridized carbons (Fsp3) is 0.429. The zero-order chi connectivity index (χ0) is 17.9. The number of hydrogen-bond donors (Lipinski definition) is 1. The topological polar surface area (TPSA) is 45.5 Å². The third kappa shape index (κ3) is 4.64. The Bertz CT molecular complexity index is 722. The van der Waals surface area contributed by atoms with Gasteiger partial charge in [0, 0.05) is 44.3 Å². The van der Waals surface area contributed by atoms with Crippen LogP contribution in [0.4, 0.5) is 13.2 Å². The highest BCUT2D eigenvalue weighted by molar-refractivity contribution is 7.16. The molecule has 2 rings (SSSR count). The molecule has 0 aromatic carbocycles. The Balaban J connectivity index is 2.04. The summed E-state index contributed by atoms with van der Waals surface area (Å²) >= 11 is 7.35. The molecule has 0 saturated heterocycles. The van der Waals surface area contributed by atoms with Crippen LogP contribution < -0.4 is 5.32 Å². The first kappa shape index (κ1) is 18.6. The van der Waals surface area contributed by atoms with Crippen LogP contribution in [0.1, 0.15) is 16.1 Å². The van der Waals surface area contributed by atoms with Crippen molar-refractivity contribution in [1.29, 1.82) is 0 Å². The van der Waals surface area contributed by atoms with E-state index >= 15 is 0 Å². The summed E-state index contributed by atoms with van der Waals surface area (Å²) in [7, 11) is 4.84. The Hall–Kier alpha value is -1.74. The van der Waals surface area contributed by atoms with Gasteiger partial charge in [-0.3, -0.25) is 9.67 Å². The van der Waals surface area contributed by atoms with Gasteiger partial charge in [0.2, 0.25) is 0 Å². The Morgan fingerprint density at radius 3 is 2.71 bits per heavy atom. The summed E-state index contributed by atoms with van der Waals surface area (Å²) < 4.78 is 40.7. The zero-order valence-electron chi connectivity index (χ0n) is 13.4. The van der Waals surface area contributed by atoms with Gasteiger partial charge in [-0.1, -0.05) is 11.6 Å². The molecule has 0 atom stereocenters. The standard InChI is InChI=1S/C14H17ClF3N5S/c1-19-13(22(2)8-10-4-5-11(15)24-10)20-6-9-7-23(3)21-12(9)14(16,17)18/h4-5,7H,6,8H2,1-3H3,(H,19,20). The predicted octanol–water partition coefficient (Wildman–Crippen LogP) is 3.36. The van der Waals surface area contributed by atoms with E-state index in [1.54, 1.807) is 20.2 Å². The van der Waals surface area contributed by atoms with E-state index in [0.717, 1.165) is 9.56 Å². The van der Waals surface area contributed by atoms with E-state index in [-0.39, 0.29) is 12.1 Å². The van der Waals surface area contributed by atoms with Crippen LogP contribution in [0.15, 0.2) is 23.3 Å². The lowest BCUT2D eigenvalue weighted by Crippen LogP contribution is -2.38. The van der Waals surface area contributed by atoms with Crippen molar-refractivity contribution in [3.63, 3.8) is 0 Å². The van der Waals surface area contributed by atoms with E-state index in [9.17, 15) is 13.2 Å². The second-order valence-electron chi connectivity index (χ2n) is 5.14. The minimum absolute atomic E-state index is 0.0229. The van der Waals surface area contributed by atoms with E-state index in [0.29, 0.717) is 16.8 Å².